The van der Waals surface area contributed by atoms with Gasteiger partial charge in [-0.1, -0.05) is 56.9 Å². The molecule has 0 heterocycles. The molecule has 2 aromatic carbocycles. The van der Waals surface area contributed by atoms with Crippen molar-refractivity contribution in [3.63, 3.8) is 0 Å². The third kappa shape index (κ3) is 7.27. The monoisotopic (exact) mass is 343 g/mol. The maximum atomic E-state index is 12.9. The second-order valence-corrected chi connectivity index (χ2v) is 6.56. The van der Waals surface area contributed by atoms with Crippen LogP contribution in [0.25, 0.3) is 0 Å². The molecule has 1 N–H and O–H groups in total. The van der Waals surface area contributed by atoms with Gasteiger partial charge >= 0.3 is 0 Å². The van der Waals surface area contributed by atoms with Crippen LogP contribution in [0.15, 0.2) is 48.5 Å². The van der Waals surface area contributed by atoms with Crippen LogP contribution in [0.5, 0.6) is 5.75 Å². The maximum Gasteiger partial charge on any atom is 0.123 e. The molecule has 0 aliphatic rings. The highest BCUT2D eigenvalue weighted by atomic mass is 19.1. The number of rotatable bonds is 11. The highest BCUT2D eigenvalue weighted by Gasteiger charge is 2.05. The zero-order valence-corrected chi connectivity index (χ0v) is 15.4. The Kier molecular flexibility index (Phi) is 8.47. The summed E-state index contributed by atoms with van der Waals surface area (Å²) in [5.41, 5.74) is 2.30. The number of nitrogens with one attached hydrogen (secondary N) is 1. The van der Waals surface area contributed by atoms with Crippen LogP contribution in [-0.2, 0) is 6.54 Å². The van der Waals surface area contributed by atoms with Crippen molar-refractivity contribution >= 4 is 0 Å². The van der Waals surface area contributed by atoms with Crippen LogP contribution >= 0.6 is 0 Å². The number of hydrogen-bond donors (Lipinski definition) is 1. The Balaban J connectivity index is 1.72. The Hall–Kier alpha value is -1.87. The summed E-state index contributed by atoms with van der Waals surface area (Å²) in [6.07, 6.45) is 6.26. The normalized spacial score (nSPS) is 12.1. The summed E-state index contributed by atoms with van der Waals surface area (Å²) in [5.74, 6) is 0.739. The molecule has 0 saturated carbocycles. The Bertz CT molecular complexity index is 594. The minimum atomic E-state index is -0.197. The Labute approximate surface area is 151 Å². The van der Waals surface area contributed by atoms with Gasteiger partial charge in [0.1, 0.15) is 11.6 Å². The zero-order valence-electron chi connectivity index (χ0n) is 15.4. The van der Waals surface area contributed by atoms with Crippen LogP contribution < -0.4 is 10.1 Å². The lowest BCUT2D eigenvalue weighted by molar-refractivity contribution is 0.304. The van der Waals surface area contributed by atoms with Crippen LogP contribution in [0.4, 0.5) is 4.39 Å². The molecule has 136 valence electrons. The molecule has 25 heavy (non-hydrogen) atoms. The summed E-state index contributed by atoms with van der Waals surface area (Å²) in [6.45, 7) is 5.87. The molecule has 0 amide bonds. The van der Waals surface area contributed by atoms with Gasteiger partial charge in [-0.25, -0.2) is 4.39 Å². The molecule has 0 radical (unpaired) electrons. The Morgan fingerprint density at radius 2 is 1.60 bits per heavy atom. The van der Waals surface area contributed by atoms with Crippen LogP contribution in [-0.4, -0.2) is 6.61 Å². The van der Waals surface area contributed by atoms with Gasteiger partial charge < -0.3 is 10.1 Å². The van der Waals surface area contributed by atoms with E-state index in [1.807, 2.05) is 24.3 Å². The Morgan fingerprint density at radius 1 is 0.920 bits per heavy atom. The quantitative estimate of drug-likeness (QED) is 0.503. The van der Waals surface area contributed by atoms with Crippen LogP contribution in [0, 0.1) is 5.82 Å². The van der Waals surface area contributed by atoms with Gasteiger partial charge in [-0.15, -0.1) is 0 Å². The smallest absolute Gasteiger partial charge is 0.123 e. The van der Waals surface area contributed by atoms with Crippen molar-refractivity contribution < 1.29 is 9.13 Å². The topological polar surface area (TPSA) is 21.3 Å². The molecule has 3 heteroatoms. The predicted octanol–water partition coefficient (Wildman–Crippen LogP) is 6.03. The summed E-state index contributed by atoms with van der Waals surface area (Å²) in [4.78, 5) is 0. The fourth-order valence-electron chi connectivity index (χ4n) is 2.74. The van der Waals surface area contributed by atoms with Crippen LogP contribution in [0.1, 0.15) is 63.1 Å². The van der Waals surface area contributed by atoms with E-state index in [0.717, 1.165) is 30.9 Å². The van der Waals surface area contributed by atoms with E-state index in [0.29, 0.717) is 0 Å². The van der Waals surface area contributed by atoms with E-state index in [4.69, 9.17) is 4.74 Å². The van der Waals surface area contributed by atoms with Crippen LogP contribution in [0.3, 0.4) is 0 Å². The molecular weight excluding hydrogens is 313 g/mol. The second-order valence-electron chi connectivity index (χ2n) is 6.56. The summed E-state index contributed by atoms with van der Waals surface area (Å²) in [6, 6.07) is 15.1. The number of unbranched alkanes of at least 4 members (excludes halogenated alkanes) is 4. The summed E-state index contributed by atoms with van der Waals surface area (Å²) in [7, 11) is 0. The fourth-order valence-corrected chi connectivity index (χ4v) is 2.74. The molecule has 0 aromatic heterocycles. The third-order valence-corrected chi connectivity index (χ3v) is 4.42. The van der Waals surface area contributed by atoms with Gasteiger partial charge in [0, 0.05) is 12.6 Å². The maximum absolute atomic E-state index is 12.9. The molecule has 1 unspecified atom stereocenters. The van der Waals surface area contributed by atoms with Gasteiger partial charge in [-0.2, -0.15) is 0 Å². The zero-order chi connectivity index (χ0) is 17.9. The number of halogens is 1. The highest BCUT2D eigenvalue weighted by Crippen LogP contribution is 2.18. The van der Waals surface area contributed by atoms with Crippen molar-refractivity contribution in [2.24, 2.45) is 0 Å². The molecule has 0 bridgehead atoms. The lowest BCUT2D eigenvalue weighted by Gasteiger charge is -2.15. The van der Waals surface area contributed by atoms with E-state index >= 15 is 0 Å². The SMILES string of the molecule is CCCCCCCOc1ccc(C(C)NCc2ccc(F)cc2)cc1. The van der Waals surface area contributed by atoms with Crippen molar-refractivity contribution in [2.45, 2.75) is 58.5 Å². The first-order chi connectivity index (χ1) is 12.2. The first-order valence-electron chi connectivity index (χ1n) is 9.39. The van der Waals surface area contributed by atoms with Crippen molar-refractivity contribution in [3.05, 3.63) is 65.5 Å². The first-order valence-corrected chi connectivity index (χ1v) is 9.39. The van der Waals surface area contributed by atoms with E-state index in [1.54, 1.807) is 0 Å². The molecular formula is C22H30FNO. The van der Waals surface area contributed by atoms with E-state index in [1.165, 1.54) is 43.4 Å². The summed E-state index contributed by atoms with van der Waals surface area (Å²) in [5, 5.41) is 3.46. The van der Waals surface area contributed by atoms with Crippen molar-refractivity contribution in [1.82, 2.24) is 5.32 Å². The number of hydrogen-bond acceptors (Lipinski definition) is 2. The van der Waals surface area contributed by atoms with E-state index < -0.39 is 0 Å². The molecule has 0 aliphatic heterocycles. The number of benzene rings is 2. The van der Waals surface area contributed by atoms with Gasteiger partial charge in [0.05, 0.1) is 6.61 Å². The third-order valence-electron chi connectivity index (χ3n) is 4.42. The van der Waals surface area contributed by atoms with Gasteiger partial charge in [0.15, 0.2) is 0 Å². The Morgan fingerprint density at radius 3 is 2.28 bits per heavy atom. The van der Waals surface area contributed by atoms with Gasteiger partial charge in [0.2, 0.25) is 0 Å². The molecule has 0 saturated heterocycles. The van der Waals surface area contributed by atoms with Gasteiger partial charge in [-0.05, 0) is 48.7 Å². The molecule has 2 nitrogen and oxygen atoms in total. The van der Waals surface area contributed by atoms with E-state index in [-0.39, 0.29) is 11.9 Å². The van der Waals surface area contributed by atoms with Crippen molar-refractivity contribution in [3.8, 4) is 5.75 Å². The van der Waals surface area contributed by atoms with Crippen molar-refractivity contribution in [2.75, 3.05) is 6.61 Å². The second kappa shape index (κ2) is 10.9. The lowest BCUT2D eigenvalue weighted by Crippen LogP contribution is -2.18. The van der Waals surface area contributed by atoms with E-state index in [9.17, 15) is 4.39 Å². The number of ether oxygens (including phenoxy) is 1. The highest BCUT2D eigenvalue weighted by molar-refractivity contribution is 5.29. The van der Waals surface area contributed by atoms with Gasteiger partial charge in [0.25, 0.3) is 0 Å². The lowest BCUT2D eigenvalue weighted by atomic mass is 10.1. The first kappa shape index (κ1) is 19.5. The summed E-state index contributed by atoms with van der Waals surface area (Å²) >= 11 is 0. The van der Waals surface area contributed by atoms with Gasteiger partial charge in [-0.3, -0.25) is 0 Å². The standard InChI is InChI=1S/C22H30FNO/c1-3-4-5-6-7-16-25-22-14-10-20(11-15-22)18(2)24-17-19-8-12-21(23)13-9-19/h8-15,18,24H,3-7,16-17H2,1-2H3. The molecule has 0 fully saturated rings. The molecule has 0 spiro atoms. The minimum Gasteiger partial charge on any atom is -0.494 e. The molecule has 1 atom stereocenters. The molecule has 0 aliphatic carbocycles. The van der Waals surface area contributed by atoms with Crippen molar-refractivity contribution in [1.29, 1.82) is 0 Å². The fraction of sp³-hybridized carbons (Fsp3) is 0.455. The average Bonchev–Trinajstić information content (AvgIpc) is 2.64. The molecule has 2 aromatic rings. The summed E-state index contributed by atoms with van der Waals surface area (Å²) < 4.78 is 18.7. The van der Waals surface area contributed by atoms with E-state index in [2.05, 4.69) is 31.3 Å². The minimum absolute atomic E-state index is 0.197. The average molecular weight is 343 g/mol. The van der Waals surface area contributed by atoms with Crippen LogP contribution in [0.2, 0.25) is 0 Å². The largest absolute Gasteiger partial charge is 0.494 e. The predicted molar refractivity (Wildman–Crippen MR) is 102 cm³/mol. The molecule has 2 rings (SSSR count).